The summed E-state index contributed by atoms with van der Waals surface area (Å²) in [6.07, 6.45) is 2.81. The van der Waals surface area contributed by atoms with Crippen LogP contribution in [0.3, 0.4) is 0 Å². The summed E-state index contributed by atoms with van der Waals surface area (Å²) in [7, 11) is 0. The number of rotatable bonds is 2. The summed E-state index contributed by atoms with van der Waals surface area (Å²) in [6.45, 7) is 1.55. The zero-order valence-corrected chi connectivity index (χ0v) is 7.19. The number of carbonyl (C=O) groups excluding carboxylic acids is 1. The molecule has 2 rings (SSSR count). The minimum atomic E-state index is -0.357. The highest BCUT2D eigenvalue weighted by Gasteiger charge is 2.16. The number of nitrogens with zero attached hydrogens (tertiary/aromatic N) is 2. The molecule has 0 saturated carbocycles. The predicted octanol–water partition coefficient (Wildman–Crippen LogP) is -0.307. The zero-order chi connectivity index (χ0) is 9.26. The summed E-state index contributed by atoms with van der Waals surface area (Å²) in [6, 6.07) is 0. The summed E-state index contributed by atoms with van der Waals surface area (Å²) in [5.41, 5.74) is 5.87. The second kappa shape index (κ2) is 3.08. The second-order valence-electron chi connectivity index (χ2n) is 3.04. The van der Waals surface area contributed by atoms with E-state index < -0.39 is 0 Å². The van der Waals surface area contributed by atoms with Gasteiger partial charge in [0.15, 0.2) is 0 Å². The molecule has 0 unspecified atom stereocenters. The van der Waals surface area contributed by atoms with Crippen LogP contribution in [-0.4, -0.2) is 22.3 Å². The molecule has 0 bridgehead atoms. The van der Waals surface area contributed by atoms with Crippen molar-refractivity contribution < 1.29 is 9.53 Å². The van der Waals surface area contributed by atoms with Crippen molar-refractivity contribution >= 4 is 5.91 Å². The maximum absolute atomic E-state index is 10.7. The van der Waals surface area contributed by atoms with Crippen molar-refractivity contribution in [1.29, 1.82) is 0 Å². The molecule has 13 heavy (non-hydrogen) atoms. The van der Waals surface area contributed by atoms with Gasteiger partial charge in [-0.3, -0.25) is 4.79 Å². The van der Waals surface area contributed by atoms with E-state index in [-0.39, 0.29) is 12.3 Å². The van der Waals surface area contributed by atoms with Gasteiger partial charge in [-0.25, -0.2) is 4.68 Å². The summed E-state index contributed by atoms with van der Waals surface area (Å²) in [5, 5.41) is 4.09. The van der Waals surface area contributed by atoms with Crippen LogP contribution in [0.5, 0.6) is 5.88 Å². The molecule has 0 saturated heterocycles. The van der Waals surface area contributed by atoms with Gasteiger partial charge >= 0.3 is 0 Å². The smallest absolute Gasteiger partial charge is 0.222 e. The Bertz CT molecular complexity index is 332. The lowest BCUT2D eigenvalue weighted by Crippen LogP contribution is -2.18. The number of amides is 1. The fraction of sp³-hybridized carbons (Fsp3) is 0.500. The molecule has 0 fully saturated rings. The Labute approximate surface area is 75.5 Å². The van der Waals surface area contributed by atoms with Gasteiger partial charge < -0.3 is 10.5 Å². The number of ether oxygens (including phenoxy) is 1. The number of nitrogens with two attached hydrogens (primary N) is 1. The molecule has 0 spiro atoms. The number of hydrogen-bond acceptors (Lipinski definition) is 3. The topological polar surface area (TPSA) is 70.1 Å². The number of hydrogen-bond donors (Lipinski definition) is 1. The molecule has 0 aromatic carbocycles. The molecule has 1 aromatic rings. The molecule has 70 valence electrons. The van der Waals surface area contributed by atoms with Crippen molar-refractivity contribution in [1.82, 2.24) is 9.78 Å². The summed E-state index contributed by atoms with van der Waals surface area (Å²) < 4.78 is 7.15. The maximum Gasteiger partial charge on any atom is 0.222 e. The van der Waals surface area contributed by atoms with E-state index in [9.17, 15) is 4.79 Å². The van der Waals surface area contributed by atoms with Gasteiger partial charge in [0.25, 0.3) is 0 Å². The van der Waals surface area contributed by atoms with Gasteiger partial charge in [0.1, 0.15) is 0 Å². The minimum Gasteiger partial charge on any atom is -0.478 e. The largest absolute Gasteiger partial charge is 0.478 e. The second-order valence-corrected chi connectivity index (χ2v) is 3.04. The Morgan fingerprint density at radius 2 is 2.62 bits per heavy atom. The Morgan fingerprint density at radius 3 is 3.38 bits per heavy atom. The van der Waals surface area contributed by atoms with Crippen LogP contribution in [0.2, 0.25) is 0 Å². The van der Waals surface area contributed by atoms with Gasteiger partial charge in [-0.05, 0) is 0 Å². The summed E-state index contributed by atoms with van der Waals surface area (Å²) in [5.74, 6) is 0.343. The first-order valence-corrected chi connectivity index (χ1v) is 4.23. The molecular formula is C8H11N3O2. The Hall–Kier alpha value is -1.52. The van der Waals surface area contributed by atoms with Crippen LogP contribution in [0.4, 0.5) is 0 Å². The van der Waals surface area contributed by atoms with Crippen LogP contribution in [0.25, 0.3) is 0 Å². The number of primary amides is 1. The average molecular weight is 181 g/mol. The van der Waals surface area contributed by atoms with Crippen molar-refractivity contribution in [2.24, 2.45) is 5.73 Å². The van der Waals surface area contributed by atoms with E-state index in [1.807, 2.05) is 0 Å². The molecule has 1 aliphatic heterocycles. The molecule has 0 radical (unpaired) electrons. The maximum atomic E-state index is 10.7. The van der Waals surface area contributed by atoms with Crippen molar-refractivity contribution in [3.63, 3.8) is 0 Å². The zero-order valence-electron chi connectivity index (χ0n) is 7.19. The lowest BCUT2D eigenvalue weighted by molar-refractivity contribution is -0.117. The van der Waals surface area contributed by atoms with E-state index >= 15 is 0 Å². The van der Waals surface area contributed by atoms with Crippen LogP contribution in [0.1, 0.15) is 12.0 Å². The quantitative estimate of drug-likeness (QED) is 0.680. The van der Waals surface area contributed by atoms with Gasteiger partial charge in [0.2, 0.25) is 11.8 Å². The Morgan fingerprint density at radius 1 is 1.77 bits per heavy atom. The van der Waals surface area contributed by atoms with Crippen LogP contribution in [0, 0.1) is 0 Å². The molecule has 5 heteroatoms. The van der Waals surface area contributed by atoms with Crippen molar-refractivity contribution in [2.75, 3.05) is 6.61 Å². The van der Waals surface area contributed by atoms with E-state index in [1.165, 1.54) is 0 Å². The van der Waals surface area contributed by atoms with Crippen LogP contribution in [-0.2, 0) is 17.8 Å². The number of aromatic nitrogens is 2. The first-order valence-electron chi connectivity index (χ1n) is 4.23. The Balaban J connectivity index is 2.26. The fourth-order valence-electron chi connectivity index (χ4n) is 1.43. The van der Waals surface area contributed by atoms with Crippen LogP contribution >= 0.6 is 0 Å². The molecule has 0 atom stereocenters. The van der Waals surface area contributed by atoms with Gasteiger partial charge in [-0.15, -0.1) is 0 Å². The summed E-state index contributed by atoms with van der Waals surface area (Å²) >= 11 is 0. The number of carbonyl (C=O) groups is 1. The van der Waals surface area contributed by atoms with Crippen LogP contribution in [0.15, 0.2) is 6.20 Å². The normalized spacial score (nSPS) is 14.8. The molecule has 2 heterocycles. The van der Waals surface area contributed by atoms with E-state index in [1.54, 1.807) is 10.9 Å². The Kier molecular flexibility index (Phi) is 1.92. The fourth-order valence-corrected chi connectivity index (χ4v) is 1.43. The molecule has 1 aromatic heterocycles. The van der Waals surface area contributed by atoms with E-state index in [2.05, 4.69) is 5.10 Å². The molecule has 0 aliphatic carbocycles. The average Bonchev–Trinajstić information content (AvgIpc) is 2.48. The predicted molar refractivity (Wildman–Crippen MR) is 45.2 cm³/mol. The lowest BCUT2D eigenvalue weighted by atomic mass is 10.2. The first kappa shape index (κ1) is 8.10. The van der Waals surface area contributed by atoms with Crippen molar-refractivity contribution in [3.05, 3.63) is 11.8 Å². The van der Waals surface area contributed by atoms with Gasteiger partial charge in [-0.2, -0.15) is 5.10 Å². The number of aryl methyl sites for hydroxylation is 1. The lowest BCUT2D eigenvalue weighted by Gasteiger charge is -2.15. The van der Waals surface area contributed by atoms with E-state index in [0.29, 0.717) is 12.5 Å². The standard InChI is InChI=1S/C8H11N3O2/c9-7(12)4-6-5-10-11-2-1-3-13-8(6)11/h5H,1-4H2,(H2,9,12). The van der Waals surface area contributed by atoms with Gasteiger partial charge in [0.05, 0.1) is 19.2 Å². The van der Waals surface area contributed by atoms with Crippen molar-refractivity contribution in [3.8, 4) is 5.88 Å². The third-order valence-corrected chi connectivity index (χ3v) is 1.98. The van der Waals surface area contributed by atoms with Crippen molar-refractivity contribution in [2.45, 2.75) is 19.4 Å². The third-order valence-electron chi connectivity index (χ3n) is 1.98. The molecule has 2 N–H and O–H groups in total. The first-order chi connectivity index (χ1) is 6.27. The molecule has 5 nitrogen and oxygen atoms in total. The minimum absolute atomic E-state index is 0.204. The van der Waals surface area contributed by atoms with E-state index in [0.717, 1.165) is 18.5 Å². The number of fused-ring (bicyclic) bond motifs is 1. The molecule has 1 amide bonds. The third kappa shape index (κ3) is 1.49. The monoisotopic (exact) mass is 181 g/mol. The highest BCUT2D eigenvalue weighted by molar-refractivity contribution is 5.77. The molecule has 1 aliphatic rings. The molecular weight excluding hydrogens is 170 g/mol. The SMILES string of the molecule is NC(=O)Cc1cnn2c1OCCC2. The van der Waals surface area contributed by atoms with Crippen LogP contribution < -0.4 is 10.5 Å². The van der Waals surface area contributed by atoms with E-state index in [4.69, 9.17) is 10.5 Å². The van der Waals surface area contributed by atoms with Gasteiger partial charge in [0, 0.05) is 18.5 Å². The summed E-state index contributed by atoms with van der Waals surface area (Å²) in [4.78, 5) is 10.7. The highest BCUT2D eigenvalue weighted by Crippen LogP contribution is 2.22. The van der Waals surface area contributed by atoms with Gasteiger partial charge in [-0.1, -0.05) is 0 Å². The highest BCUT2D eigenvalue weighted by atomic mass is 16.5.